The van der Waals surface area contributed by atoms with E-state index in [1.807, 2.05) is 13.8 Å². The molecular weight excluding hydrogens is 364 g/mol. The third-order valence-corrected chi connectivity index (χ3v) is 6.31. The second-order valence-corrected chi connectivity index (χ2v) is 8.18. The van der Waals surface area contributed by atoms with Crippen molar-refractivity contribution in [2.24, 2.45) is 16.3 Å². The molecular formula is C22H28N6O. The predicted octanol–water partition coefficient (Wildman–Crippen LogP) is 3.98. The van der Waals surface area contributed by atoms with Crippen molar-refractivity contribution in [2.75, 3.05) is 6.54 Å². The van der Waals surface area contributed by atoms with Crippen LogP contribution in [0.1, 0.15) is 68.3 Å². The first-order valence-electron chi connectivity index (χ1n) is 10.4. The van der Waals surface area contributed by atoms with Crippen molar-refractivity contribution < 1.29 is 4.79 Å². The molecule has 7 heteroatoms. The van der Waals surface area contributed by atoms with Crippen molar-refractivity contribution in [3.8, 4) is 12.1 Å². The van der Waals surface area contributed by atoms with Gasteiger partial charge in [-0.25, -0.2) is 0 Å². The van der Waals surface area contributed by atoms with Crippen LogP contribution in [-0.4, -0.2) is 35.1 Å². The van der Waals surface area contributed by atoms with Crippen molar-refractivity contribution in [2.45, 2.75) is 70.0 Å². The highest BCUT2D eigenvalue weighted by atomic mass is 16.1. The predicted molar refractivity (Wildman–Crippen MR) is 109 cm³/mol. The number of nitriles is 2. The molecule has 3 atom stereocenters. The minimum absolute atomic E-state index is 0.119. The number of benzene rings is 1. The van der Waals surface area contributed by atoms with Crippen LogP contribution in [0.2, 0.25) is 0 Å². The molecule has 1 amide bonds. The fraction of sp³-hybridized carbons (Fsp3) is 0.591. The molecule has 0 bridgehead atoms. The molecule has 1 heterocycles. The first-order valence-corrected chi connectivity index (χ1v) is 10.4. The molecule has 1 saturated carbocycles. The van der Waals surface area contributed by atoms with Crippen LogP contribution in [0.25, 0.3) is 0 Å². The second kappa shape index (κ2) is 9.05. The SMILES string of the molecule is CCC(C)(C#N)N1CC(C(NC(=O)c2ccc(C#N)cc2)C2CCCCC2)N=N1. The van der Waals surface area contributed by atoms with Crippen molar-refractivity contribution in [1.29, 1.82) is 10.5 Å². The molecule has 1 fully saturated rings. The van der Waals surface area contributed by atoms with Gasteiger partial charge in [0.15, 0.2) is 0 Å². The Labute approximate surface area is 172 Å². The van der Waals surface area contributed by atoms with Crippen LogP contribution in [0.3, 0.4) is 0 Å². The number of amides is 1. The van der Waals surface area contributed by atoms with Crippen molar-refractivity contribution in [3.63, 3.8) is 0 Å². The van der Waals surface area contributed by atoms with E-state index in [1.165, 1.54) is 6.42 Å². The highest BCUT2D eigenvalue weighted by Gasteiger charge is 2.40. The molecule has 152 valence electrons. The second-order valence-electron chi connectivity index (χ2n) is 8.18. The Morgan fingerprint density at radius 3 is 2.55 bits per heavy atom. The Balaban J connectivity index is 1.77. The maximum Gasteiger partial charge on any atom is 0.251 e. The average Bonchev–Trinajstić information content (AvgIpc) is 3.28. The molecule has 29 heavy (non-hydrogen) atoms. The average molecular weight is 393 g/mol. The lowest BCUT2D eigenvalue weighted by Gasteiger charge is -2.35. The summed E-state index contributed by atoms with van der Waals surface area (Å²) in [5, 5.41) is 32.3. The van der Waals surface area contributed by atoms with Gasteiger partial charge in [0.05, 0.1) is 30.3 Å². The van der Waals surface area contributed by atoms with Gasteiger partial charge in [-0.05, 0) is 56.4 Å². The summed E-state index contributed by atoms with van der Waals surface area (Å²) in [6.45, 7) is 4.38. The summed E-state index contributed by atoms with van der Waals surface area (Å²) in [4.78, 5) is 12.9. The van der Waals surface area contributed by atoms with E-state index in [0.717, 1.165) is 25.7 Å². The van der Waals surface area contributed by atoms with Crippen LogP contribution in [0, 0.1) is 28.6 Å². The number of nitrogens with zero attached hydrogens (tertiary/aromatic N) is 5. The molecule has 7 nitrogen and oxygen atoms in total. The Hall–Kier alpha value is -2.93. The molecule has 0 radical (unpaired) electrons. The normalized spacial score (nSPS) is 22.3. The fourth-order valence-electron chi connectivity index (χ4n) is 4.14. The van der Waals surface area contributed by atoms with Crippen LogP contribution >= 0.6 is 0 Å². The van der Waals surface area contributed by atoms with Gasteiger partial charge in [-0.2, -0.15) is 15.6 Å². The van der Waals surface area contributed by atoms with Gasteiger partial charge in [0.2, 0.25) is 0 Å². The van der Waals surface area contributed by atoms with Gasteiger partial charge in [-0.15, -0.1) is 0 Å². The Kier molecular flexibility index (Phi) is 6.49. The lowest BCUT2D eigenvalue weighted by atomic mass is 9.80. The molecule has 1 N–H and O–H groups in total. The highest BCUT2D eigenvalue weighted by Crippen LogP contribution is 2.32. The van der Waals surface area contributed by atoms with E-state index >= 15 is 0 Å². The largest absolute Gasteiger partial charge is 0.347 e. The van der Waals surface area contributed by atoms with Crippen molar-refractivity contribution >= 4 is 5.91 Å². The van der Waals surface area contributed by atoms with Gasteiger partial charge >= 0.3 is 0 Å². The summed E-state index contributed by atoms with van der Waals surface area (Å²) < 4.78 is 0. The summed E-state index contributed by atoms with van der Waals surface area (Å²) in [7, 11) is 0. The number of carbonyl (C=O) groups excluding carboxylic acids is 1. The molecule has 1 aliphatic heterocycles. The van der Waals surface area contributed by atoms with E-state index in [1.54, 1.807) is 29.3 Å². The Bertz CT molecular complexity index is 830. The molecule has 3 rings (SSSR count). The summed E-state index contributed by atoms with van der Waals surface area (Å²) in [6, 6.07) is 10.8. The third kappa shape index (κ3) is 4.56. The lowest BCUT2D eigenvalue weighted by Crippen LogP contribution is -2.51. The van der Waals surface area contributed by atoms with Gasteiger partial charge in [0, 0.05) is 5.56 Å². The molecule has 0 aromatic heterocycles. The zero-order valence-electron chi connectivity index (χ0n) is 17.1. The smallest absolute Gasteiger partial charge is 0.251 e. The topological polar surface area (TPSA) is 105 Å². The van der Waals surface area contributed by atoms with E-state index in [4.69, 9.17) is 5.26 Å². The molecule has 0 spiro atoms. The van der Waals surface area contributed by atoms with Gasteiger partial charge < -0.3 is 5.32 Å². The molecule has 0 saturated heterocycles. The van der Waals surface area contributed by atoms with Crippen LogP contribution in [0.15, 0.2) is 34.6 Å². The monoisotopic (exact) mass is 392 g/mol. The fourth-order valence-corrected chi connectivity index (χ4v) is 4.14. The molecule has 1 aliphatic carbocycles. The van der Waals surface area contributed by atoms with Crippen LogP contribution in [-0.2, 0) is 0 Å². The number of nitrogens with one attached hydrogen (secondary N) is 1. The Morgan fingerprint density at radius 2 is 1.97 bits per heavy atom. The van der Waals surface area contributed by atoms with E-state index in [0.29, 0.717) is 30.0 Å². The van der Waals surface area contributed by atoms with Gasteiger partial charge in [-0.1, -0.05) is 31.4 Å². The summed E-state index contributed by atoms with van der Waals surface area (Å²) in [5.41, 5.74) is 0.375. The maximum atomic E-state index is 12.9. The first-order chi connectivity index (χ1) is 14.0. The van der Waals surface area contributed by atoms with Gasteiger partial charge in [0.1, 0.15) is 11.6 Å². The quantitative estimate of drug-likeness (QED) is 0.790. The number of hydrogen-bond donors (Lipinski definition) is 1. The minimum Gasteiger partial charge on any atom is -0.347 e. The summed E-state index contributed by atoms with van der Waals surface area (Å²) in [6.07, 6.45) is 6.33. The van der Waals surface area contributed by atoms with E-state index in [2.05, 4.69) is 27.8 Å². The minimum atomic E-state index is -0.688. The van der Waals surface area contributed by atoms with Gasteiger partial charge in [-0.3, -0.25) is 9.80 Å². The van der Waals surface area contributed by atoms with E-state index < -0.39 is 5.54 Å². The van der Waals surface area contributed by atoms with Gasteiger partial charge in [0.25, 0.3) is 5.91 Å². The first kappa shape index (κ1) is 20.8. The summed E-state index contributed by atoms with van der Waals surface area (Å²) >= 11 is 0. The van der Waals surface area contributed by atoms with E-state index in [-0.39, 0.29) is 18.0 Å². The van der Waals surface area contributed by atoms with Crippen molar-refractivity contribution in [3.05, 3.63) is 35.4 Å². The molecule has 1 aromatic rings. The standard InChI is InChI=1S/C22H28N6O/c1-3-22(2,15-24)28-14-19(26-27-28)20(17-7-5-4-6-8-17)25-21(29)18-11-9-16(13-23)10-12-18/h9-12,17,19-20H,3-8,14H2,1-2H3,(H,25,29). The number of carbonyl (C=O) groups is 1. The number of hydrogen-bond acceptors (Lipinski definition) is 6. The molecule has 3 unspecified atom stereocenters. The maximum absolute atomic E-state index is 12.9. The van der Waals surface area contributed by atoms with Crippen LogP contribution < -0.4 is 5.32 Å². The lowest BCUT2D eigenvalue weighted by molar-refractivity contribution is 0.0893. The van der Waals surface area contributed by atoms with E-state index in [9.17, 15) is 10.1 Å². The Morgan fingerprint density at radius 1 is 1.28 bits per heavy atom. The van der Waals surface area contributed by atoms with Crippen molar-refractivity contribution in [1.82, 2.24) is 10.3 Å². The third-order valence-electron chi connectivity index (χ3n) is 6.31. The van der Waals surface area contributed by atoms with Crippen LogP contribution in [0.4, 0.5) is 0 Å². The summed E-state index contributed by atoms with van der Waals surface area (Å²) in [5.74, 6) is 0.196. The number of rotatable bonds is 6. The zero-order valence-corrected chi connectivity index (χ0v) is 17.1. The zero-order chi connectivity index (χ0) is 20.9. The molecule has 1 aromatic carbocycles. The van der Waals surface area contributed by atoms with Crippen LogP contribution in [0.5, 0.6) is 0 Å². The molecule has 2 aliphatic rings. The highest BCUT2D eigenvalue weighted by molar-refractivity contribution is 5.94.